The summed E-state index contributed by atoms with van der Waals surface area (Å²) in [6.45, 7) is 4.16. The van der Waals surface area contributed by atoms with E-state index in [-0.39, 0.29) is 11.8 Å². The number of hydrogen-bond acceptors (Lipinski definition) is 2. The Morgan fingerprint density at radius 3 is 2.30 bits per heavy atom. The predicted octanol–water partition coefficient (Wildman–Crippen LogP) is 4.00. The Labute approximate surface area is 166 Å². The molecule has 0 fully saturated rings. The molecule has 1 N–H and O–H groups in total. The number of rotatable bonds is 8. The third kappa shape index (κ3) is 5.83. The fourth-order valence-electron chi connectivity index (χ4n) is 2.94. The van der Waals surface area contributed by atoms with Gasteiger partial charge in [-0.05, 0) is 42.5 Å². The van der Waals surface area contributed by atoms with Gasteiger partial charge in [0.1, 0.15) is 6.04 Å². The second kappa shape index (κ2) is 10.1. The molecular weight excluding hydrogens is 360 g/mol. The Morgan fingerprint density at radius 2 is 1.70 bits per heavy atom. The maximum atomic E-state index is 12.9. The van der Waals surface area contributed by atoms with E-state index in [0.29, 0.717) is 24.4 Å². The smallest absolute Gasteiger partial charge is 0.242 e. The van der Waals surface area contributed by atoms with Crippen LogP contribution < -0.4 is 5.32 Å². The van der Waals surface area contributed by atoms with Gasteiger partial charge in [-0.1, -0.05) is 61.0 Å². The van der Waals surface area contributed by atoms with Crippen molar-refractivity contribution in [3.8, 4) is 0 Å². The van der Waals surface area contributed by atoms with Crippen LogP contribution >= 0.6 is 11.6 Å². The van der Waals surface area contributed by atoms with E-state index < -0.39 is 6.04 Å². The zero-order valence-electron chi connectivity index (χ0n) is 16.2. The zero-order chi connectivity index (χ0) is 19.8. The predicted molar refractivity (Wildman–Crippen MR) is 110 cm³/mol. The number of amides is 2. The average molecular weight is 387 g/mol. The van der Waals surface area contributed by atoms with E-state index in [2.05, 4.69) is 36.5 Å². The summed E-state index contributed by atoms with van der Waals surface area (Å²) in [5.74, 6) is -0.256. The first kappa shape index (κ1) is 21.0. The van der Waals surface area contributed by atoms with Gasteiger partial charge in [-0.25, -0.2) is 0 Å². The molecule has 0 heterocycles. The van der Waals surface area contributed by atoms with Crippen molar-refractivity contribution >= 4 is 23.4 Å². The highest BCUT2D eigenvalue weighted by atomic mass is 35.5. The second-order valence-corrected chi connectivity index (χ2v) is 6.98. The molecule has 0 spiro atoms. The summed E-state index contributed by atoms with van der Waals surface area (Å²) in [5.41, 5.74) is 3.22. The van der Waals surface area contributed by atoms with Gasteiger partial charge in [-0.2, -0.15) is 0 Å². The molecule has 0 aliphatic rings. The van der Waals surface area contributed by atoms with Crippen molar-refractivity contribution in [1.29, 1.82) is 0 Å². The van der Waals surface area contributed by atoms with Crippen LogP contribution in [0.1, 0.15) is 37.0 Å². The third-order valence-corrected chi connectivity index (χ3v) is 5.14. The largest absolute Gasteiger partial charge is 0.357 e. The standard InChI is InChI=1S/C22H27ClN2O2/c1-4-17-9-11-18(12-10-17)13-14-21(26)25(16(2)22(27)24-3)15-19-7-5-6-8-20(19)23/h5-12,16H,4,13-15H2,1-3H3,(H,24,27)/t16-/m1/s1. The van der Waals surface area contributed by atoms with E-state index in [1.165, 1.54) is 5.56 Å². The van der Waals surface area contributed by atoms with Gasteiger partial charge in [0.25, 0.3) is 0 Å². The van der Waals surface area contributed by atoms with Gasteiger partial charge < -0.3 is 10.2 Å². The van der Waals surface area contributed by atoms with Crippen molar-refractivity contribution in [3.63, 3.8) is 0 Å². The number of carbonyl (C=O) groups excluding carboxylic acids is 2. The van der Waals surface area contributed by atoms with Crippen molar-refractivity contribution in [2.75, 3.05) is 7.05 Å². The minimum atomic E-state index is -0.568. The molecule has 0 unspecified atom stereocenters. The highest BCUT2D eigenvalue weighted by molar-refractivity contribution is 6.31. The molecule has 0 radical (unpaired) electrons. The molecule has 2 amide bonds. The molecule has 0 bridgehead atoms. The normalized spacial score (nSPS) is 11.7. The summed E-state index contributed by atoms with van der Waals surface area (Å²) >= 11 is 6.25. The minimum Gasteiger partial charge on any atom is -0.357 e. The summed E-state index contributed by atoms with van der Waals surface area (Å²) in [6, 6.07) is 15.1. The molecule has 2 aromatic carbocycles. The molecule has 1 atom stereocenters. The van der Waals surface area contributed by atoms with E-state index in [0.717, 1.165) is 17.5 Å². The van der Waals surface area contributed by atoms with Crippen LogP contribution in [0, 0.1) is 0 Å². The van der Waals surface area contributed by atoms with E-state index in [1.54, 1.807) is 24.9 Å². The lowest BCUT2D eigenvalue weighted by atomic mass is 10.0. The van der Waals surface area contributed by atoms with Crippen molar-refractivity contribution in [2.45, 2.75) is 45.7 Å². The highest BCUT2D eigenvalue weighted by Crippen LogP contribution is 2.19. The van der Waals surface area contributed by atoms with Crippen LogP contribution in [0.15, 0.2) is 48.5 Å². The first-order chi connectivity index (χ1) is 13.0. The number of halogens is 1. The zero-order valence-corrected chi connectivity index (χ0v) is 16.9. The first-order valence-corrected chi connectivity index (χ1v) is 9.66. The van der Waals surface area contributed by atoms with Crippen LogP contribution in [0.25, 0.3) is 0 Å². The number of benzene rings is 2. The number of carbonyl (C=O) groups is 2. The summed E-state index contributed by atoms with van der Waals surface area (Å²) in [4.78, 5) is 26.7. The number of nitrogens with zero attached hydrogens (tertiary/aromatic N) is 1. The summed E-state index contributed by atoms with van der Waals surface area (Å²) in [5, 5.41) is 3.21. The van der Waals surface area contributed by atoms with Crippen LogP contribution in [0.2, 0.25) is 5.02 Å². The maximum absolute atomic E-state index is 12.9. The monoisotopic (exact) mass is 386 g/mol. The van der Waals surface area contributed by atoms with Crippen molar-refractivity contribution < 1.29 is 9.59 Å². The molecular formula is C22H27ClN2O2. The first-order valence-electron chi connectivity index (χ1n) is 9.28. The Hall–Kier alpha value is -2.33. The lowest BCUT2D eigenvalue weighted by molar-refractivity contribution is -0.140. The molecule has 4 nitrogen and oxygen atoms in total. The molecule has 0 saturated heterocycles. The average Bonchev–Trinajstić information content (AvgIpc) is 2.70. The molecule has 2 rings (SSSR count). The molecule has 0 aliphatic carbocycles. The minimum absolute atomic E-state index is 0.0643. The molecule has 27 heavy (non-hydrogen) atoms. The SMILES string of the molecule is CCc1ccc(CCC(=O)N(Cc2ccccc2Cl)[C@H](C)C(=O)NC)cc1. The van der Waals surface area contributed by atoms with Gasteiger partial charge in [0.15, 0.2) is 0 Å². The second-order valence-electron chi connectivity index (χ2n) is 6.57. The van der Waals surface area contributed by atoms with Gasteiger partial charge in [0, 0.05) is 25.0 Å². The molecule has 2 aromatic rings. The lowest BCUT2D eigenvalue weighted by Gasteiger charge is -2.28. The van der Waals surface area contributed by atoms with Crippen molar-refractivity contribution in [2.24, 2.45) is 0 Å². The number of likely N-dealkylation sites (N-methyl/N-ethyl adjacent to an activating group) is 1. The summed E-state index contributed by atoms with van der Waals surface area (Å²) in [6.07, 6.45) is 1.98. The molecule has 0 saturated carbocycles. The number of hydrogen-bond donors (Lipinski definition) is 1. The van der Waals surface area contributed by atoms with Gasteiger partial charge in [0.05, 0.1) is 0 Å². The number of aryl methyl sites for hydroxylation is 2. The van der Waals surface area contributed by atoms with Crippen LogP contribution in [-0.2, 0) is 29.0 Å². The maximum Gasteiger partial charge on any atom is 0.242 e. The van der Waals surface area contributed by atoms with Crippen LogP contribution in [0.4, 0.5) is 0 Å². The van der Waals surface area contributed by atoms with Crippen LogP contribution in [0.5, 0.6) is 0 Å². The summed E-state index contributed by atoms with van der Waals surface area (Å²) in [7, 11) is 1.58. The molecule has 144 valence electrons. The Kier molecular flexibility index (Phi) is 7.86. The molecule has 5 heteroatoms. The van der Waals surface area contributed by atoms with Gasteiger partial charge >= 0.3 is 0 Å². The molecule has 0 aliphatic heterocycles. The van der Waals surface area contributed by atoms with Gasteiger partial charge in [-0.3, -0.25) is 9.59 Å². The van der Waals surface area contributed by atoms with Crippen LogP contribution in [0.3, 0.4) is 0 Å². The van der Waals surface area contributed by atoms with Gasteiger partial charge in [0.2, 0.25) is 11.8 Å². The van der Waals surface area contributed by atoms with Crippen molar-refractivity contribution in [1.82, 2.24) is 10.2 Å². The van der Waals surface area contributed by atoms with E-state index >= 15 is 0 Å². The van der Waals surface area contributed by atoms with E-state index in [1.807, 2.05) is 18.2 Å². The van der Waals surface area contributed by atoms with E-state index in [9.17, 15) is 9.59 Å². The lowest BCUT2D eigenvalue weighted by Crippen LogP contribution is -2.46. The van der Waals surface area contributed by atoms with Gasteiger partial charge in [-0.15, -0.1) is 0 Å². The fourth-order valence-corrected chi connectivity index (χ4v) is 3.13. The Bertz CT molecular complexity index is 774. The highest BCUT2D eigenvalue weighted by Gasteiger charge is 2.25. The molecule has 0 aromatic heterocycles. The summed E-state index contributed by atoms with van der Waals surface area (Å²) < 4.78 is 0. The van der Waals surface area contributed by atoms with Crippen molar-refractivity contribution in [3.05, 3.63) is 70.2 Å². The Morgan fingerprint density at radius 1 is 1.07 bits per heavy atom. The fraction of sp³-hybridized carbons (Fsp3) is 0.364. The topological polar surface area (TPSA) is 49.4 Å². The quantitative estimate of drug-likeness (QED) is 0.745. The number of nitrogens with one attached hydrogen (secondary N) is 1. The van der Waals surface area contributed by atoms with Crippen LogP contribution in [-0.4, -0.2) is 29.8 Å². The third-order valence-electron chi connectivity index (χ3n) is 4.77. The van der Waals surface area contributed by atoms with E-state index in [4.69, 9.17) is 11.6 Å². The Balaban J connectivity index is 2.12.